The second kappa shape index (κ2) is 6.47. The fourth-order valence-corrected chi connectivity index (χ4v) is 2.48. The molecule has 0 aromatic carbocycles. The summed E-state index contributed by atoms with van der Waals surface area (Å²) in [6.45, 7) is 9.86. The molecule has 5 nitrogen and oxygen atoms in total. The number of carbonyl (C=O) groups excluding carboxylic acids is 1. The standard InChI is InChI=1S/C17H22N4O/c1-6-8-14(16-12(3)18-17(22)19-16)9-7-10-15-11(2)20-21(5)13(15)4/h6-10,16H,3H2,1-2,4-5H3,(H2,18,19,22)/b8-6-,10-7+,14-9+. The number of aromatic nitrogens is 2. The second-order valence-electron chi connectivity index (χ2n) is 5.29. The molecule has 1 fully saturated rings. The summed E-state index contributed by atoms with van der Waals surface area (Å²) in [6, 6.07) is -0.419. The van der Waals surface area contributed by atoms with Crippen molar-refractivity contribution in [3.05, 3.63) is 59.1 Å². The van der Waals surface area contributed by atoms with Gasteiger partial charge in [0.15, 0.2) is 0 Å². The van der Waals surface area contributed by atoms with Crippen molar-refractivity contribution in [1.82, 2.24) is 20.4 Å². The predicted octanol–water partition coefficient (Wildman–Crippen LogP) is 2.75. The normalized spacial score (nSPS) is 19.3. The molecule has 0 saturated carbocycles. The van der Waals surface area contributed by atoms with Crippen molar-refractivity contribution in [3.63, 3.8) is 0 Å². The third kappa shape index (κ3) is 3.19. The monoisotopic (exact) mass is 298 g/mol. The average molecular weight is 298 g/mol. The quantitative estimate of drug-likeness (QED) is 0.840. The number of aryl methyl sites for hydroxylation is 2. The third-order valence-electron chi connectivity index (χ3n) is 3.71. The van der Waals surface area contributed by atoms with E-state index in [9.17, 15) is 4.79 Å². The lowest BCUT2D eigenvalue weighted by atomic mass is 10.0. The number of nitrogens with zero attached hydrogens (tertiary/aromatic N) is 2. The maximum absolute atomic E-state index is 11.4. The summed E-state index contributed by atoms with van der Waals surface area (Å²) >= 11 is 0. The summed E-state index contributed by atoms with van der Waals surface area (Å²) in [5.74, 6) is 0. The van der Waals surface area contributed by atoms with Crippen molar-refractivity contribution in [2.45, 2.75) is 26.8 Å². The number of allylic oxidation sites excluding steroid dienone is 3. The number of urea groups is 1. The summed E-state index contributed by atoms with van der Waals surface area (Å²) in [7, 11) is 1.94. The Balaban J connectivity index is 2.26. The average Bonchev–Trinajstić information content (AvgIpc) is 2.90. The number of hydrogen-bond acceptors (Lipinski definition) is 2. The van der Waals surface area contributed by atoms with E-state index in [2.05, 4.69) is 22.3 Å². The van der Waals surface area contributed by atoms with Gasteiger partial charge in [0.1, 0.15) is 0 Å². The number of carbonyl (C=O) groups is 1. The molecule has 1 saturated heterocycles. The highest BCUT2D eigenvalue weighted by Crippen LogP contribution is 2.17. The van der Waals surface area contributed by atoms with Crippen molar-refractivity contribution in [2.24, 2.45) is 7.05 Å². The first-order valence-corrected chi connectivity index (χ1v) is 7.21. The predicted molar refractivity (Wildman–Crippen MR) is 89.2 cm³/mol. The Bertz CT molecular complexity index is 692. The van der Waals surface area contributed by atoms with Gasteiger partial charge in [0.05, 0.1) is 11.7 Å². The summed E-state index contributed by atoms with van der Waals surface area (Å²) in [4.78, 5) is 11.4. The summed E-state index contributed by atoms with van der Waals surface area (Å²) in [6.07, 6.45) is 9.90. The highest BCUT2D eigenvalue weighted by atomic mass is 16.2. The van der Waals surface area contributed by atoms with Crippen LogP contribution in [0.2, 0.25) is 0 Å². The first-order valence-electron chi connectivity index (χ1n) is 7.21. The molecule has 1 unspecified atom stereocenters. The van der Waals surface area contributed by atoms with Crippen molar-refractivity contribution in [2.75, 3.05) is 0 Å². The maximum Gasteiger partial charge on any atom is 0.319 e. The van der Waals surface area contributed by atoms with Crippen molar-refractivity contribution >= 4 is 12.1 Å². The van der Waals surface area contributed by atoms with E-state index in [1.165, 1.54) is 0 Å². The Morgan fingerprint density at radius 2 is 2.14 bits per heavy atom. The molecule has 2 N–H and O–H groups in total. The van der Waals surface area contributed by atoms with Crippen LogP contribution < -0.4 is 10.6 Å². The minimum Gasteiger partial charge on any atom is -0.325 e. The van der Waals surface area contributed by atoms with E-state index in [1.807, 2.05) is 62.9 Å². The van der Waals surface area contributed by atoms with Gasteiger partial charge >= 0.3 is 6.03 Å². The second-order valence-corrected chi connectivity index (χ2v) is 5.29. The van der Waals surface area contributed by atoms with E-state index in [-0.39, 0.29) is 12.1 Å². The summed E-state index contributed by atoms with van der Waals surface area (Å²) in [5, 5.41) is 9.92. The van der Waals surface area contributed by atoms with Gasteiger partial charge in [-0.3, -0.25) is 4.68 Å². The van der Waals surface area contributed by atoms with Gasteiger partial charge in [-0.05, 0) is 26.3 Å². The molecule has 0 bridgehead atoms. The zero-order valence-corrected chi connectivity index (χ0v) is 13.5. The molecule has 2 amide bonds. The SMILES string of the molecule is C=C1NC(=O)NC1C(/C=C\C)=C/C=C/c1c(C)nn(C)c1C. The number of amides is 2. The largest absolute Gasteiger partial charge is 0.325 e. The first kappa shape index (κ1) is 15.8. The molecule has 1 atom stereocenters. The van der Waals surface area contributed by atoms with Crippen LogP contribution in [-0.4, -0.2) is 21.9 Å². The zero-order chi connectivity index (χ0) is 16.3. The van der Waals surface area contributed by atoms with E-state index in [0.29, 0.717) is 5.70 Å². The van der Waals surface area contributed by atoms with Crippen LogP contribution in [0.1, 0.15) is 23.9 Å². The van der Waals surface area contributed by atoms with E-state index in [0.717, 1.165) is 22.5 Å². The van der Waals surface area contributed by atoms with E-state index in [1.54, 1.807) is 0 Å². The van der Waals surface area contributed by atoms with Gasteiger partial charge < -0.3 is 10.6 Å². The molecule has 1 aromatic heterocycles. The van der Waals surface area contributed by atoms with Crippen LogP contribution in [0.25, 0.3) is 6.08 Å². The molecule has 1 aliphatic heterocycles. The highest BCUT2D eigenvalue weighted by molar-refractivity contribution is 5.81. The minimum absolute atomic E-state index is 0.204. The Kier molecular flexibility index (Phi) is 4.65. The summed E-state index contributed by atoms with van der Waals surface area (Å²) in [5.41, 5.74) is 4.87. The molecule has 5 heteroatoms. The van der Waals surface area contributed by atoms with Crippen LogP contribution in [0.15, 0.2) is 42.2 Å². The molecule has 1 aliphatic rings. The van der Waals surface area contributed by atoms with Gasteiger partial charge in [-0.25, -0.2) is 4.79 Å². The Labute approximate surface area is 131 Å². The van der Waals surface area contributed by atoms with Gasteiger partial charge in [0, 0.05) is 24.0 Å². The number of nitrogens with one attached hydrogen (secondary N) is 2. The van der Waals surface area contributed by atoms with Crippen LogP contribution in [0.5, 0.6) is 0 Å². The van der Waals surface area contributed by atoms with Crippen LogP contribution >= 0.6 is 0 Å². The van der Waals surface area contributed by atoms with Gasteiger partial charge in [0.2, 0.25) is 0 Å². The van der Waals surface area contributed by atoms with Gasteiger partial charge in [-0.2, -0.15) is 5.10 Å². The smallest absolute Gasteiger partial charge is 0.319 e. The lowest BCUT2D eigenvalue weighted by molar-refractivity contribution is 0.248. The molecule has 116 valence electrons. The summed E-state index contributed by atoms with van der Waals surface area (Å²) < 4.78 is 1.87. The van der Waals surface area contributed by atoms with Crippen molar-refractivity contribution in [3.8, 4) is 0 Å². The number of hydrogen-bond donors (Lipinski definition) is 2. The Morgan fingerprint density at radius 1 is 1.41 bits per heavy atom. The van der Waals surface area contributed by atoms with Crippen molar-refractivity contribution < 1.29 is 4.79 Å². The van der Waals surface area contributed by atoms with E-state index < -0.39 is 0 Å². The van der Waals surface area contributed by atoms with E-state index >= 15 is 0 Å². The van der Waals surface area contributed by atoms with Gasteiger partial charge in [-0.1, -0.05) is 37.0 Å². The van der Waals surface area contributed by atoms with Gasteiger partial charge in [0.25, 0.3) is 0 Å². The van der Waals surface area contributed by atoms with Gasteiger partial charge in [-0.15, -0.1) is 0 Å². The van der Waals surface area contributed by atoms with Crippen LogP contribution in [-0.2, 0) is 7.05 Å². The topological polar surface area (TPSA) is 59.0 Å². The number of rotatable bonds is 4. The lowest BCUT2D eigenvalue weighted by Crippen LogP contribution is -2.27. The van der Waals surface area contributed by atoms with Crippen LogP contribution in [0.4, 0.5) is 4.79 Å². The Morgan fingerprint density at radius 3 is 2.64 bits per heavy atom. The molecule has 0 radical (unpaired) electrons. The lowest BCUT2D eigenvalue weighted by Gasteiger charge is -2.10. The van der Waals surface area contributed by atoms with Crippen LogP contribution in [0.3, 0.4) is 0 Å². The fraction of sp³-hybridized carbons (Fsp3) is 0.294. The molecule has 0 spiro atoms. The molecule has 22 heavy (non-hydrogen) atoms. The molecule has 2 rings (SSSR count). The van der Waals surface area contributed by atoms with Crippen molar-refractivity contribution in [1.29, 1.82) is 0 Å². The molecule has 2 heterocycles. The molecular formula is C17H22N4O. The fourth-order valence-electron chi connectivity index (χ4n) is 2.48. The molecule has 0 aliphatic carbocycles. The minimum atomic E-state index is -0.215. The zero-order valence-electron chi connectivity index (χ0n) is 13.5. The van der Waals surface area contributed by atoms with E-state index in [4.69, 9.17) is 0 Å². The molecular weight excluding hydrogens is 276 g/mol. The molecule has 1 aromatic rings. The highest BCUT2D eigenvalue weighted by Gasteiger charge is 2.25. The van der Waals surface area contributed by atoms with Crippen LogP contribution in [0, 0.1) is 13.8 Å². The Hall–Kier alpha value is -2.56. The maximum atomic E-state index is 11.4. The third-order valence-corrected chi connectivity index (χ3v) is 3.71. The first-order chi connectivity index (χ1) is 10.4.